The molecule has 0 atom stereocenters. The zero-order valence-electron chi connectivity index (χ0n) is 15.9. The topological polar surface area (TPSA) is 75.5 Å². The van der Waals surface area contributed by atoms with Crippen molar-refractivity contribution in [3.05, 3.63) is 60.2 Å². The molecule has 30 heavy (non-hydrogen) atoms. The van der Waals surface area contributed by atoms with Crippen molar-refractivity contribution >= 4 is 23.1 Å². The van der Waals surface area contributed by atoms with Crippen LogP contribution in [0.1, 0.15) is 11.5 Å². The van der Waals surface area contributed by atoms with E-state index in [9.17, 15) is 13.2 Å². The summed E-state index contributed by atoms with van der Waals surface area (Å²) in [6, 6.07) is 11.7. The molecule has 1 saturated heterocycles. The zero-order chi connectivity index (χ0) is 21.0. The summed E-state index contributed by atoms with van der Waals surface area (Å²) in [5.74, 6) is 0.473. The fourth-order valence-electron chi connectivity index (χ4n) is 3.06. The van der Waals surface area contributed by atoms with E-state index in [4.69, 9.17) is 9.15 Å². The first-order chi connectivity index (χ1) is 14.5. The van der Waals surface area contributed by atoms with E-state index in [1.807, 2.05) is 18.2 Å². The third-order valence-corrected chi connectivity index (χ3v) is 4.52. The van der Waals surface area contributed by atoms with Crippen molar-refractivity contribution in [1.29, 1.82) is 0 Å². The van der Waals surface area contributed by atoms with Crippen LogP contribution in [-0.2, 0) is 17.5 Å². The smallest absolute Gasteiger partial charge is 0.433 e. The lowest BCUT2D eigenvalue weighted by Crippen LogP contribution is -2.36. The van der Waals surface area contributed by atoms with Crippen molar-refractivity contribution in [3.8, 4) is 0 Å². The molecule has 4 rings (SSSR count). The van der Waals surface area contributed by atoms with Crippen LogP contribution >= 0.6 is 0 Å². The number of alkyl halides is 3. The Morgan fingerprint density at radius 3 is 2.60 bits per heavy atom. The van der Waals surface area contributed by atoms with Gasteiger partial charge in [-0.25, -0.2) is 4.98 Å². The minimum absolute atomic E-state index is 0.0422. The average molecular weight is 419 g/mol. The van der Waals surface area contributed by atoms with Gasteiger partial charge >= 0.3 is 6.18 Å². The molecule has 1 fully saturated rings. The molecule has 0 bridgehead atoms. The maximum Gasteiger partial charge on any atom is 0.433 e. The maximum absolute atomic E-state index is 13.3. The Balaban J connectivity index is 1.55. The predicted octanol–water partition coefficient (Wildman–Crippen LogP) is 4.28. The number of furan rings is 1. The second kappa shape index (κ2) is 8.62. The molecule has 3 heterocycles. The summed E-state index contributed by atoms with van der Waals surface area (Å²) < 4.78 is 50.5. The highest BCUT2D eigenvalue weighted by atomic mass is 19.4. The minimum Gasteiger partial charge on any atom is -0.467 e. The molecule has 0 amide bonds. The number of hydrogen-bond donors (Lipinski definition) is 2. The summed E-state index contributed by atoms with van der Waals surface area (Å²) >= 11 is 0. The van der Waals surface area contributed by atoms with E-state index in [0.717, 1.165) is 24.8 Å². The normalized spacial score (nSPS) is 14.6. The largest absolute Gasteiger partial charge is 0.467 e. The molecule has 10 heteroatoms. The van der Waals surface area contributed by atoms with Crippen LogP contribution in [0.25, 0.3) is 0 Å². The number of nitrogens with one attached hydrogen (secondary N) is 2. The molecule has 158 valence electrons. The van der Waals surface area contributed by atoms with Gasteiger partial charge in [-0.2, -0.15) is 18.2 Å². The third-order valence-electron chi connectivity index (χ3n) is 4.52. The van der Waals surface area contributed by atoms with Gasteiger partial charge in [0.25, 0.3) is 0 Å². The molecule has 1 aromatic carbocycles. The summed E-state index contributed by atoms with van der Waals surface area (Å²) in [5, 5.41) is 5.73. The SMILES string of the molecule is FC(F)(F)c1cc(NCc2ccco2)nc(Nc2cccc(N3CCOCC3)c2)n1. The van der Waals surface area contributed by atoms with E-state index in [-0.39, 0.29) is 18.3 Å². The van der Waals surface area contributed by atoms with Crippen molar-refractivity contribution < 1.29 is 22.3 Å². The number of benzene rings is 1. The fourth-order valence-corrected chi connectivity index (χ4v) is 3.06. The lowest BCUT2D eigenvalue weighted by molar-refractivity contribution is -0.141. The predicted molar refractivity (Wildman–Crippen MR) is 106 cm³/mol. The number of rotatable bonds is 6. The number of ether oxygens (including phenoxy) is 1. The minimum atomic E-state index is -4.60. The molecule has 7 nitrogen and oxygen atoms in total. The van der Waals surface area contributed by atoms with Gasteiger partial charge in [0, 0.05) is 30.5 Å². The molecule has 0 aliphatic carbocycles. The van der Waals surface area contributed by atoms with E-state index in [0.29, 0.717) is 24.7 Å². The quantitative estimate of drug-likeness (QED) is 0.618. The van der Waals surface area contributed by atoms with Crippen molar-refractivity contribution in [3.63, 3.8) is 0 Å². The summed E-state index contributed by atoms with van der Waals surface area (Å²) in [7, 11) is 0. The van der Waals surface area contributed by atoms with E-state index in [1.165, 1.54) is 6.26 Å². The molecule has 0 unspecified atom stereocenters. The Morgan fingerprint density at radius 1 is 1.03 bits per heavy atom. The third kappa shape index (κ3) is 5.01. The molecular weight excluding hydrogens is 399 g/mol. The van der Waals surface area contributed by atoms with Crippen molar-refractivity contribution in [1.82, 2.24) is 9.97 Å². The molecular formula is C20H20F3N5O2. The van der Waals surface area contributed by atoms with Crippen molar-refractivity contribution in [2.24, 2.45) is 0 Å². The van der Waals surface area contributed by atoms with Gasteiger partial charge in [0.05, 0.1) is 26.0 Å². The number of morpholine rings is 1. The van der Waals surface area contributed by atoms with E-state index in [1.54, 1.807) is 18.2 Å². The van der Waals surface area contributed by atoms with Crippen molar-refractivity contribution in [2.75, 3.05) is 41.8 Å². The van der Waals surface area contributed by atoms with Crippen LogP contribution in [0.4, 0.5) is 36.3 Å². The maximum atomic E-state index is 13.3. The van der Waals surface area contributed by atoms with Gasteiger partial charge < -0.3 is 24.7 Å². The highest BCUT2D eigenvalue weighted by Crippen LogP contribution is 2.31. The molecule has 2 N–H and O–H groups in total. The molecule has 1 aliphatic heterocycles. The van der Waals surface area contributed by atoms with Gasteiger partial charge in [-0.1, -0.05) is 6.07 Å². The first kappa shape index (κ1) is 20.0. The van der Waals surface area contributed by atoms with E-state index >= 15 is 0 Å². The highest BCUT2D eigenvalue weighted by molar-refractivity contribution is 5.63. The zero-order valence-corrected chi connectivity index (χ0v) is 15.9. The summed E-state index contributed by atoms with van der Waals surface area (Å²) in [4.78, 5) is 9.97. The van der Waals surface area contributed by atoms with Crippen LogP contribution in [-0.4, -0.2) is 36.3 Å². The van der Waals surface area contributed by atoms with Crippen LogP contribution in [0.2, 0.25) is 0 Å². The van der Waals surface area contributed by atoms with E-state index < -0.39 is 11.9 Å². The van der Waals surface area contributed by atoms with Crippen LogP contribution < -0.4 is 15.5 Å². The second-order valence-electron chi connectivity index (χ2n) is 6.67. The number of aromatic nitrogens is 2. The van der Waals surface area contributed by atoms with Gasteiger partial charge in [0.15, 0.2) is 5.69 Å². The molecule has 0 radical (unpaired) electrons. The molecule has 0 spiro atoms. The van der Waals surface area contributed by atoms with Crippen LogP contribution in [0.3, 0.4) is 0 Å². The number of anilines is 4. The molecule has 1 aliphatic rings. The number of halogens is 3. The Kier molecular flexibility index (Phi) is 5.75. The molecule has 0 saturated carbocycles. The van der Waals surface area contributed by atoms with Crippen molar-refractivity contribution in [2.45, 2.75) is 12.7 Å². The lowest BCUT2D eigenvalue weighted by atomic mass is 10.2. The standard InChI is InChI=1S/C20H20F3N5O2/c21-20(22,23)17-12-18(24-13-16-5-2-8-30-16)27-19(26-17)25-14-3-1-4-15(11-14)28-6-9-29-10-7-28/h1-5,8,11-12H,6-7,9-10,13H2,(H2,24,25,26,27). The van der Waals surface area contributed by atoms with Gasteiger partial charge in [-0.05, 0) is 30.3 Å². The van der Waals surface area contributed by atoms with E-state index in [2.05, 4.69) is 25.5 Å². The summed E-state index contributed by atoms with van der Waals surface area (Å²) in [5.41, 5.74) is 0.507. The number of hydrogen-bond acceptors (Lipinski definition) is 7. The Labute approximate surface area is 170 Å². The van der Waals surface area contributed by atoms with Gasteiger partial charge in [-0.15, -0.1) is 0 Å². The van der Waals surface area contributed by atoms with Crippen LogP contribution in [0, 0.1) is 0 Å². The number of nitrogens with zero attached hydrogens (tertiary/aromatic N) is 3. The monoisotopic (exact) mass is 419 g/mol. The van der Waals surface area contributed by atoms with Crippen LogP contribution in [0.15, 0.2) is 53.1 Å². The first-order valence-electron chi connectivity index (χ1n) is 9.40. The Bertz CT molecular complexity index is 973. The molecule has 2 aromatic heterocycles. The lowest BCUT2D eigenvalue weighted by Gasteiger charge is -2.29. The van der Waals surface area contributed by atoms with Gasteiger partial charge in [0.2, 0.25) is 5.95 Å². The molecule has 3 aromatic rings. The Morgan fingerprint density at radius 2 is 1.87 bits per heavy atom. The Hall–Kier alpha value is -3.27. The van der Waals surface area contributed by atoms with Crippen LogP contribution in [0.5, 0.6) is 0 Å². The summed E-state index contributed by atoms with van der Waals surface area (Å²) in [6.45, 7) is 2.99. The highest BCUT2D eigenvalue weighted by Gasteiger charge is 2.33. The summed E-state index contributed by atoms with van der Waals surface area (Å²) in [6.07, 6.45) is -3.11. The van der Waals surface area contributed by atoms with Gasteiger partial charge in [0.1, 0.15) is 11.6 Å². The first-order valence-corrected chi connectivity index (χ1v) is 9.40. The average Bonchev–Trinajstić information content (AvgIpc) is 3.26. The fraction of sp³-hybridized carbons (Fsp3) is 0.300. The van der Waals surface area contributed by atoms with Gasteiger partial charge in [-0.3, -0.25) is 0 Å². The second-order valence-corrected chi connectivity index (χ2v) is 6.67.